The number of para-hydroxylation sites is 2. The van der Waals surface area contributed by atoms with Crippen molar-refractivity contribution in [3.63, 3.8) is 0 Å². The molecule has 11 rings (SSSR count). The summed E-state index contributed by atoms with van der Waals surface area (Å²) in [5.74, 6) is 0. The molecule has 0 amide bonds. The fraction of sp³-hybridized carbons (Fsp3) is 0. The standard InChI is InChI=1S/C58H41NOSi/c1-5-19-42(20-6-1)51-32-16-21-43-22-17-33-52(57(43)51)44-23-15-24-46(41-44)59(55-35-18-34-54-53-31-13-14-36-56(53)60-58(54)55)45-37-39-50(40-38-45)61(47-25-7-2-8-26-47,48-27-9-3-10-28-48)49-29-11-4-12-30-49/h1-41H. The van der Waals surface area contributed by atoms with Gasteiger partial charge in [-0.3, -0.25) is 0 Å². The van der Waals surface area contributed by atoms with Gasteiger partial charge in [-0.25, -0.2) is 0 Å². The smallest absolute Gasteiger partial charge is 0.179 e. The van der Waals surface area contributed by atoms with Gasteiger partial charge in [-0.15, -0.1) is 0 Å². The van der Waals surface area contributed by atoms with Gasteiger partial charge in [0.15, 0.2) is 13.7 Å². The van der Waals surface area contributed by atoms with Gasteiger partial charge < -0.3 is 9.32 Å². The molecule has 1 aromatic heterocycles. The monoisotopic (exact) mass is 795 g/mol. The molecule has 288 valence electrons. The summed E-state index contributed by atoms with van der Waals surface area (Å²) < 4.78 is 6.76. The number of benzene rings is 10. The summed E-state index contributed by atoms with van der Waals surface area (Å²) in [6, 6.07) is 90.5. The normalized spacial score (nSPS) is 11.6. The molecule has 0 aliphatic carbocycles. The van der Waals surface area contributed by atoms with Crippen LogP contribution in [0.15, 0.2) is 253 Å². The predicted molar refractivity (Wildman–Crippen MR) is 260 cm³/mol. The lowest BCUT2D eigenvalue weighted by Crippen LogP contribution is -2.74. The van der Waals surface area contributed by atoms with Gasteiger partial charge in [-0.1, -0.05) is 212 Å². The van der Waals surface area contributed by atoms with Crippen molar-refractivity contribution in [2.75, 3.05) is 4.90 Å². The van der Waals surface area contributed by atoms with E-state index in [4.69, 9.17) is 4.42 Å². The highest BCUT2D eigenvalue weighted by atomic mass is 28.3. The van der Waals surface area contributed by atoms with Crippen LogP contribution in [0.3, 0.4) is 0 Å². The third-order valence-electron chi connectivity index (χ3n) is 12.2. The summed E-state index contributed by atoms with van der Waals surface area (Å²) >= 11 is 0. The van der Waals surface area contributed by atoms with E-state index in [9.17, 15) is 0 Å². The van der Waals surface area contributed by atoms with Crippen molar-refractivity contribution in [1.82, 2.24) is 0 Å². The minimum absolute atomic E-state index is 0.858. The number of rotatable bonds is 9. The van der Waals surface area contributed by atoms with Crippen LogP contribution in [0, 0.1) is 0 Å². The van der Waals surface area contributed by atoms with E-state index in [-0.39, 0.29) is 0 Å². The van der Waals surface area contributed by atoms with Crippen LogP contribution in [-0.2, 0) is 0 Å². The van der Waals surface area contributed by atoms with E-state index in [0.29, 0.717) is 0 Å². The molecular formula is C58H41NOSi. The highest BCUT2D eigenvalue weighted by molar-refractivity contribution is 7.19. The molecule has 1 heterocycles. The minimum Gasteiger partial charge on any atom is -0.454 e. The van der Waals surface area contributed by atoms with Gasteiger partial charge in [-0.05, 0) is 90.2 Å². The van der Waals surface area contributed by atoms with Crippen molar-refractivity contribution in [3.8, 4) is 22.3 Å². The van der Waals surface area contributed by atoms with E-state index in [1.165, 1.54) is 48.2 Å². The van der Waals surface area contributed by atoms with Gasteiger partial charge in [0, 0.05) is 22.1 Å². The Balaban J connectivity index is 1.13. The van der Waals surface area contributed by atoms with Gasteiger partial charge >= 0.3 is 0 Å². The van der Waals surface area contributed by atoms with E-state index in [1.807, 2.05) is 6.07 Å². The molecule has 0 atom stereocenters. The zero-order chi connectivity index (χ0) is 40.6. The van der Waals surface area contributed by atoms with Crippen molar-refractivity contribution in [3.05, 3.63) is 249 Å². The first-order valence-corrected chi connectivity index (χ1v) is 22.9. The van der Waals surface area contributed by atoms with Gasteiger partial charge in [-0.2, -0.15) is 0 Å². The summed E-state index contributed by atoms with van der Waals surface area (Å²) in [7, 11) is -2.73. The lowest BCUT2D eigenvalue weighted by molar-refractivity contribution is 0.669. The summed E-state index contributed by atoms with van der Waals surface area (Å²) in [4.78, 5) is 2.37. The Morgan fingerprint density at radius 2 is 0.836 bits per heavy atom. The summed E-state index contributed by atoms with van der Waals surface area (Å²) in [5, 5.41) is 10.0. The fourth-order valence-corrected chi connectivity index (χ4v) is 14.3. The van der Waals surface area contributed by atoms with Gasteiger partial charge in [0.05, 0.1) is 5.69 Å². The molecular weight excluding hydrogens is 755 g/mol. The van der Waals surface area contributed by atoms with Crippen molar-refractivity contribution < 1.29 is 4.42 Å². The number of anilines is 3. The first-order valence-electron chi connectivity index (χ1n) is 20.9. The Morgan fingerprint density at radius 1 is 0.344 bits per heavy atom. The Bertz CT molecular complexity index is 3190. The minimum atomic E-state index is -2.73. The lowest BCUT2D eigenvalue weighted by Gasteiger charge is -2.35. The molecule has 0 saturated heterocycles. The van der Waals surface area contributed by atoms with Gasteiger partial charge in [0.25, 0.3) is 0 Å². The maximum atomic E-state index is 6.76. The molecule has 0 radical (unpaired) electrons. The third-order valence-corrected chi connectivity index (χ3v) is 17.0. The second-order valence-electron chi connectivity index (χ2n) is 15.6. The predicted octanol–water partition coefficient (Wildman–Crippen LogP) is 12.9. The average Bonchev–Trinajstić information content (AvgIpc) is 3.73. The van der Waals surface area contributed by atoms with Crippen LogP contribution >= 0.6 is 0 Å². The van der Waals surface area contributed by atoms with Crippen molar-refractivity contribution in [2.24, 2.45) is 0 Å². The first kappa shape index (κ1) is 36.4. The number of nitrogens with zero attached hydrogens (tertiary/aromatic N) is 1. The Morgan fingerprint density at radius 3 is 1.48 bits per heavy atom. The molecule has 3 heteroatoms. The summed E-state index contributed by atoms with van der Waals surface area (Å²) in [6.07, 6.45) is 0. The molecule has 0 bridgehead atoms. The number of furan rings is 1. The Hall–Kier alpha value is -7.72. The van der Waals surface area contributed by atoms with Crippen LogP contribution in [0.4, 0.5) is 17.1 Å². The molecule has 0 unspecified atom stereocenters. The molecule has 61 heavy (non-hydrogen) atoms. The molecule has 0 aliphatic rings. The highest BCUT2D eigenvalue weighted by Crippen LogP contribution is 2.44. The van der Waals surface area contributed by atoms with Crippen LogP contribution < -0.4 is 25.6 Å². The van der Waals surface area contributed by atoms with Gasteiger partial charge in [0.2, 0.25) is 0 Å². The second-order valence-corrected chi connectivity index (χ2v) is 19.4. The fourth-order valence-electron chi connectivity index (χ4n) is 9.51. The lowest BCUT2D eigenvalue weighted by atomic mass is 9.91. The van der Waals surface area contributed by atoms with Crippen LogP contribution in [-0.4, -0.2) is 8.07 Å². The topological polar surface area (TPSA) is 16.4 Å². The molecule has 0 spiro atoms. The number of hydrogen-bond donors (Lipinski definition) is 0. The van der Waals surface area contributed by atoms with E-state index in [1.54, 1.807) is 0 Å². The summed E-state index contributed by atoms with van der Waals surface area (Å²) in [5.41, 5.74) is 9.59. The van der Waals surface area contributed by atoms with Crippen LogP contribution in [0.25, 0.3) is 55.0 Å². The first-order chi connectivity index (χ1) is 30.3. The molecule has 0 aliphatic heterocycles. The number of hydrogen-bond acceptors (Lipinski definition) is 2. The summed E-state index contributed by atoms with van der Waals surface area (Å²) in [6.45, 7) is 0. The van der Waals surface area contributed by atoms with Crippen LogP contribution in [0.1, 0.15) is 0 Å². The zero-order valence-electron chi connectivity index (χ0n) is 33.5. The maximum absolute atomic E-state index is 6.76. The van der Waals surface area contributed by atoms with E-state index in [0.717, 1.165) is 44.6 Å². The van der Waals surface area contributed by atoms with Gasteiger partial charge in [0.1, 0.15) is 5.58 Å². The molecule has 0 N–H and O–H groups in total. The third kappa shape index (κ3) is 6.26. The molecule has 2 nitrogen and oxygen atoms in total. The molecule has 11 aromatic rings. The second kappa shape index (κ2) is 15.5. The molecule has 10 aromatic carbocycles. The van der Waals surface area contributed by atoms with Crippen LogP contribution in [0.2, 0.25) is 0 Å². The zero-order valence-corrected chi connectivity index (χ0v) is 34.5. The quantitative estimate of drug-likeness (QED) is 0.107. The van der Waals surface area contributed by atoms with E-state index in [2.05, 4.69) is 248 Å². The largest absolute Gasteiger partial charge is 0.454 e. The van der Waals surface area contributed by atoms with Crippen molar-refractivity contribution in [1.29, 1.82) is 0 Å². The van der Waals surface area contributed by atoms with E-state index >= 15 is 0 Å². The van der Waals surface area contributed by atoms with E-state index < -0.39 is 8.07 Å². The highest BCUT2D eigenvalue weighted by Gasteiger charge is 2.41. The molecule has 0 saturated carbocycles. The molecule has 0 fully saturated rings. The maximum Gasteiger partial charge on any atom is 0.179 e. The average molecular weight is 796 g/mol. The SMILES string of the molecule is c1ccc(-c2cccc3cccc(-c4cccc(N(c5ccc([Si](c6ccccc6)(c6ccccc6)c6ccccc6)cc5)c5cccc6c5oc5ccccc56)c4)c23)cc1. The number of fused-ring (bicyclic) bond motifs is 4. The van der Waals surface area contributed by atoms with Crippen molar-refractivity contribution in [2.45, 2.75) is 0 Å². The van der Waals surface area contributed by atoms with Crippen LogP contribution in [0.5, 0.6) is 0 Å². The Kier molecular flexibility index (Phi) is 9.22. The van der Waals surface area contributed by atoms with Crippen molar-refractivity contribution >= 4 is 78.6 Å². The Labute approximate surface area is 357 Å².